The zero-order valence-electron chi connectivity index (χ0n) is 7.36. The summed E-state index contributed by atoms with van der Waals surface area (Å²) in [4.78, 5) is 0. The fourth-order valence-electron chi connectivity index (χ4n) is 0.430. The summed E-state index contributed by atoms with van der Waals surface area (Å²) in [5, 5.41) is 8.76. The zero-order chi connectivity index (χ0) is 10.3. The summed E-state index contributed by atoms with van der Waals surface area (Å²) in [6.45, 7) is 1.87. The van der Waals surface area contributed by atoms with E-state index in [1.54, 1.807) is 0 Å². The van der Waals surface area contributed by atoms with Crippen LogP contribution in [0.4, 0.5) is 0 Å². The summed E-state index contributed by atoms with van der Waals surface area (Å²) >= 11 is 0. The maximum atomic E-state index is 10.9. The average Bonchev–Trinajstić information content (AvgIpc) is 2.02. The monoisotopic (exact) mass is 213 g/mol. The minimum atomic E-state index is -3.83. The Kier molecular flexibility index (Phi) is 6.12. The standard InChI is InChI=1S/C5H15N3O4S/c1-5(9)4-8-13(10,11)12-7-3-2-6/h5,7-9H,2-4,6H2,1H3. The number of hydroxylamine groups is 1. The lowest BCUT2D eigenvalue weighted by Crippen LogP contribution is -2.36. The molecule has 0 aliphatic rings. The van der Waals surface area contributed by atoms with Crippen molar-refractivity contribution in [2.75, 3.05) is 19.6 Å². The fourth-order valence-corrected chi connectivity index (χ4v) is 1.17. The van der Waals surface area contributed by atoms with Crippen molar-refractivity contribution in [2.24, 2.45) is 5.73 Å². The summed E-state index contributed by atoms with van der Waals surface area (Å²) in [5.74, 6) is 0. The van der Waals surface area contributed by atoms with Crippen LogP contribution in [0.25, 0.3) is 0 Å². The number of nitrogens with two attached hydrogens (primary N) is 1. The fraction of sp³-hybridized carbons (Fsp3) is 1.00. The van der Waals surface area contributed by atoms with Crippen LogP contribution in [0.5, 0.6) is 0 Å². The van der Waals surface area contributed by atoms with Gasteiger partial charge in [-0.2, -0.15) is 22.9 Å². The van der Waals surface area contributed by atoms with Gasteiger partial charge in [-0.05, 0) is 6.92 Å². The molecule has 1 unspecified atom stereocenters. The van der Waals surface area contributed by atoms with Crippen molar-refractivity contribution < 1.29 is 17.8 Å². The molecule has 7 nitrogen and oxygen atoms in total. The van der Waals surface area contributed by atoms with E-state index in [2.05, 4.69) is 9.76 Å². The third kappa shape index (κ3) is 8.09. The number of nitrogens with one attached hydrogen (secondary N) is 2. The SMILES string of the molecule is CC(O)CNS(=O)(=O)ONCCN. The van der Waals surface area contributed by atoms with E-state index in [-0.39, 0.29) is 19.6 Å². The number of hydrogen-bond acceptors (Lipinski definition) is 6. The first-order valence-electron chi connectivity index (χ1n) is 3.77. The molecular weight excluding hydrogens is 198 g/mol. The molecule has 0 aliphatic carbocycles. The molecule has 5 N–H and O–H groups in total. The van der Waals surface area contributed by atoms with Crippen LogP contribution in [0.3, 0.4) is 0 Å². The number of rotatable bonds is 7. The van der Waals surface area contributed by atoms with Crippen LogP contribution in [-0.4, -0.2) is 39.3 Å². The first-order chi connectivity index (χ1) is 5.98. The first-order valence-corrected chi connectivity index (χ1v) is 5.18. The maximum absolute atomic E-state index is 10.9. The normalized spacial score (nSPS) is 14.4. The summed E-state index contributed by atoms with van der Waals surface area (Å²) in [6.07, 6.45) is -0.757. The quantitative estimate of drug-likeness (QED) is 0.279. The summed E-state index contributed by atoms with van der Waals surface area (Å²) in [7, 11) is -3.83. The van der Waals surface area contributed by atoms with Crippen LogP contribution >= 0.6 is 0 Å². The molecule has 0 fully saturated rings. The third-order valence-corrected chi connectivity index (χ3v) is 1.83. The van der Waals surface area contributed by atoms with E-state index in [1.807, 2.05) is 4.72 Å². The van der Waals surface area contributed by atoms with Crippen molar-refractivity contribution in [1.82, 2.24) is 10.2 Å². The Morgan fingerprint density at radius 1 is 1.62 bits per heavy atom. The second-order valence-corrected chi connectivity index (χ2v) is 3.78. The van der Waals surface area contributed by atoms with Crippen LogP contribution in [-0.2, 0) is 14.6 Å². The van der Waals surface area contributed by atoms with Crippen LogP contribution in [0.15, 0.2) is 0 Å². The molecule has 0 heterocycles. The zero-order valence-corrected chi connectivity index (χ0v) is 8.17. The highest BCUT2D eigenvalue weighted by Gasteiger charge is 2.10. The maximum Gasteiger partial charge on any atom is 0.352 e. The van der Waals surface area contributed by atoms with E-state index >= 15 is 0 Å². The van der Waals surface area contributed by atoms with E-state index in [1.165, 1.54) is 6.92 Å². The summed E-state index contributed by atoms with van der Waals surface area (Å²) < 4.78 is 28.0. The molecule has 0 amide bonds. The smallest absolute Gasteiger partial charge is 0.352 e. The van der Waals surface area contributed by atoms with Crippen molar-refractivity contribution >= 4 is 10.3 Å². The topological polar surface area (TPSA) is 114 Å². The van der Waals surface area contributed by atoms with Gasteiger partial charge in [0.1, 0.15) is 0 Å². The molecule has 0 aliphatic heterocycles. The molecule has 13 heavy (non-hydrogen) atoms. The third-order valence-electron chi connectivity index (χ3n) is 0.971. The van der Waals surface area contributed by atoms with Gasteiger partial charge >= 0.3 is 10.3 Å². The second-order valence-electron chi connectivity index (χ2n) is 2.42. The molecule has 0 aromatic heterocycles. The molecule has 80 valence electrons. The van der Waals surface area contributed by atoms with Crippen LogP contribution in [0.2, 0.25) is 0 Å². The van der Waals surface area contributed by atoms with Crippen LogP contribution in [0.1, 0.15) is 6.92 Å². The Labute approximate surface area is 77.5 Å². The van der Waals surface area contributed by atoms with Crippen LogP contribution < -0.4 is 15.9 Å². The molecule has 0 bridgehead atoms. The van der Waals surface area contributed by atoms with Gasteiger partial charge in [-0.3, -0.25) is 0 Å². The summed E-state index contributed by atoms with van der Waals surface area (Å²) in [6, 6.07) is 0. The van der Waals surface area contributed by atoms with Gasteiger partial charge in [0.25, 0.3) is 0 Å². The molecule has 0 saturated heterocycles. The molecule has 0 rings (SSSR count). The molecule has 0 aromatic rings. The lowest BCUT2D eigenvalue weighted by molar-refractivity contribution is 0.182. The summed E-state index contributed by atoms with van der Waals surface area (Å²) in [5.41, 5.74) is 7.22. The highest BCUT2D eigenvalue weighted by molar-refractivity contribution is 7.84. The van der Waals surface area contributed by atoms with Crippen molar-refractivity contribution in [3.63, 3.8) is 0 Å². The number of aliphatic hydroxyl groups excluding tert-OH is 1. The molecule has 1 atom stereocenters. The predicted octanol–water partition coefficient (Wildman–Crippen LogP) is -2.32. The second kappa shape index (κ2) is 6.24. The highest BCUT2D eigenvalue weighted by Crippen LogP contribution is 1.84. The van der Waals surface area contributed by atoms with Gasteiger partial charge in [-0.1, -0.05) is 0 Å². The van der Waals surface area contributed by atoms with Crippen molar-refractivity contribution in [3.8, 4) is 0 Å². The van der Waals surface area contributed by atoms with Crippen molar-refractivity contribution in [3.05, 3.63) is 0 Å². The Hall–Kier alpha value is -0.250. The molecule has 0 spiro atoms. The van der Waals surface area contributed by atoms with Gasteiger partial charge in [-0.15, -0.1) is 0 Å². The lowest BCUT2D eigenvalue weighted by atomic mass is 10.4. The molecule has 0 radical (unpaired) electrons. The first kappa shape index (κ1) is 12.8. The Bertz CT molecular complexity index is 216. The Morgan fingerprint density at radius 3 is 2.69 bits per heavy atom. The van der Waals surface area contributed by atoms with Crippen LogP contribution in [0, 0.1) is 0 Å². The number of hydrogen-bond donors (Lipinski definition) is 4. The molecular formula is C5H15N3O4S. The minimum absolute atomic E-state index is 0.0906. The van der Waals surface area contributed by atoms with E-state index in [9.17, 15) is 8.42 Å². The van der Waals surface area contributed by atoms with Gasteiger partial charge in [0.2, 0.25) is 0 Å². The average molecular weight is 213 g/mol. The van der Waals surface area contributed by atoms with E-state index in [0.29, 0.717) is 0 Å². The largest absolute Gasteiger partial charge is 0.392 e. The van der Waals surface area contributed by atoms with E-state index < -0.39 is 16.4 Å². The van der Waals surface area contributed by atoms with Gasteiger partial charge in [0.15, 0.2) is 0 Å². The van der Waals surface area contributed by atoms with Crippen molar-refractivity contribution in [2.45, 2.75) is 13.0 Å². The Balaban J connectivity index is 3.68. The van der Waals surface area contributed by atoms with Gasteiger partial charge in [0, 0.05) is 19.6 Å². The van der Waals surface area contributed by atoms with Gasteiger partial charge in [0.05, 0.1) is 6.10 Å². The Morgan fingerprint density at radius 2 is 2.23 bits per heavy atom. The van der Waals surface area contributed by atoms with Gasteiger partial charge < -0.3 is 10.8 Å². The molecule has 8 heteroatoms. The highest BCUT2D eigenvalue weighted by atomic mass is 32.2. The number of aliphatic hydroxyl groups is 1. The van der Waals surface area contributed by atoms with E-state index in [4.69, 9.17) is 10.8 Å². The lowest BCUT2D eigenvalue weighted by Gasteiger charge is -2.07. The van der Waals surface area contributed by atoms with Gasteiger partial charge in [-0.25, -0.2) is 0 Å². The van der Waals surface area contributed by atoms with E-state index in [0.717, 1.165) is 0 Å². The minimum Gasteiger partial charge on any atom is -0.392 e. The molecule has 0 saturated carbocycles. The van der Waals surface area contributed by atoms with Crippen molar-refractivity contribution in [1.29, 1.82) is 0 Å². The molecule has 0 aromatic carbocycles. The predicted molar refractivity (Wildman–Crippen MR) is 46.7 cm³/mol.